The molecule has 2 heteroatoms. The predicted molar refractivity (Wildman–Crippen MR) is 55.6 cm³/mol. The molecular formula is C10H13NS. The fraction of sp³-hybridized carbons (Fsp3) is 0.300. The van der Waals surface area contributed by atoms with E-state index >= 15 is 0 Å². The smallest absolute Gasteiger partial charge is 0.0656 e. The van der Waals surface area contributed by atoms with E-state index in [1.807, 2.05) is 19.1 Å². The summed E-state index contributed by atoms with van der Waals surface area (Å²) in [4.78, 5) is 5.17. The van der Waals surface area contributed by atoms with Crippen LogP contribution in [0.3, 0.4) is 0 Å². The molecule has 0 atom stereocenters. The second kappa shape index (κ2) is 4.31. The van der Waals surface area contributed by atoms with E-state index in [-0.39, 0.29) is 0 Å². The summed E-state index contributed by atoms with van der Waals surface area (Å²) in [5, 5.41) is 2.21. The topological polar surface area (TPSA) is 12.9 Å². The first kappa shape index (κ1) is 9.33. The lowest BCUT2D eigenvalue weighted by molar-refractivity contribution is 1.14. The standard InChI is InChI=1S/C10H13NS/c1-3-5-8-6-9(12)7-11-10(8)4-2/h4-7,12H,3H2,1-2H3/b8-5-,10-4+. The number of hydrogen-bond donors (Lipinski definition) is 1. The Morgan fingerprint density at radius 2 is 2.33 bits per heavy atom. The molecule has 0 fully saturated rings. The Balaban J connectivity index is 3.43. The minimum Gasteiger partial charge on any atom is -0.255 e. The molecule has 0 aromatic carbocycles. The summed E-state index contributed by atoms with van der Waals surface area (Å²) in [5.41, 5.74) is 0. The first-order valence-electron chi connectivity index (χ1n) is 4.09. The lowest BCUT2D eigenvalue weighted by atomic mass is 10.3. The molecule has 0 bridgehead atoms. The van der Waals surface area contributed by atoms with Crippen molar-refractivity contribution in [1.29, 1.82) is 0 Å². The van der Waals surface area contributed by atoms with Crippen molar-refractivity contribution in [3.8, 4) is 0 Å². The van der Waals surface area contributed by atoms with Gasteiger partial charge in [-0.2, -0.15) is 0 Å². The van der Waals surface area contributed by atoms with Crippen LogP contribution in [-0.4, -0.2) is 4.98 Å². The van der Waals surface area contributed by atoms with Gasteiger partial charge in [-0.15, -0.1) is 12.6 Å². The maximum Gasteiger partial charge on any atom is 0.0656 e. The van der Waals surface area contributed by atoms with E-state index in [1.165, 1.54) is 5.22 Å². The molecule has 12 heavy (non-hydrogen) atoms. The minimum atomic E-state index is 0.917. The van der Waals surface area contributed by atoms with Crippen LogP contribution in [0.2, 0.25) is 0 Å². The quantitative estimate of drug-likeness (QED) is 0.642. The Morgan fingerprint density at radius 3 is 2.92 bits per heavy atom. The molecule has 64 valence electrons. The van der Waals surface area contributed by atoms with Gasteiger partial charge in [0.1, 0.15) is 0 Å². The largest absolute Gasteiger partial charge is 0.255 e. The van der Waals surface area contributed by atoms with Crippen molar-refractivity contribution in [1.82, 2.24) is 4.98 Å². The molecule has 1 aromatic rings. The van der Waals surface area contributed by atoms with Crippen LogP contribution >= 0.6 is 12.6 Å². The van der Waals surface area contributed by atoms with Gasteiger partial charge in [-0.05, 0) is 24.6 Å². The summed E-state index contributed by atoms with van der Waals surface area (Å²) in [6.07, 6.45) is 6.96. The van der Waals surface area contributed by atoms with Crippen LogP contribution in [0.1, 0.15) is 20.3 Å². The number of pyridine rings is 1. The average molecular weight is 179 g/mol. The molecule has 0 aliphatic rings. The van der Waals surface area contributed by atoms with E-state index in [9.17, 15) is 0 Å². The summed E-state index contributed by atoms with van der Waals surface area (Å²) in [6, 6.07) is 2.04. The molecule has 0 spiro atoms. The Labute approximate surface area is 78.3 Å². The van der Waals surface area contributed by atoms with Crippen LogP contribution in [0.4, 0.5) is 0 Å². The van der Waals surface area contributed by atoms with Gasteiger partial charge in [0.15, 0.2) is 0 Å². The maximum absolute atomic E-state index is 4.25. The highest BCUT2D eigenvalue weighted by molar-refractivity contribution is 7.80. The van der Waals surface area contributed by atoms with E-state index in [4.69, 9.17) is 0 Å². The van der Waals surface area contributed by atoms with Gasteiger partial charge in [0.05, 0.1) is 5.35 Å². The van der Waals surface area contributed by atoms with Crippen LogP contribution in [-0.2, 0) is 0 Å². The highest BCUT2D eigenvalue weighted by Crippen LogP contribution is 1.94. The maximum atomic E-state index is 4.25. The molecule has 0 aliphatic carbocycles. The van der Waals surface area contributed by atoms with E-state index in [0.717, 1.165) is 16.7 Å². The first-order chi connectivity index (χ1) is 5.77. The first-order valence-corrected chi connectivity index (χ1v) is 4.54. The van der Waals surface area contributed by atoms with E-state index in [1.54, 1.807) is 6.20 Å². The lowest BCUT2D eigenvalue weighted by Crippen LogP contribution is -2.27. The van der Waals surface area contributed by atoms with Gasteiger partial charge in [-0.3, -0.25) is 4.98 Å². The van der Waals surface area contributed by atoms with Gasteiger partial charge in [0.2, 0.25) is 0 Å². The monoisotopic (exact) mass is 179 g/mol. The van der Waals surface area contributed by atoms with Gasteiger partial charge in [0, 0.05) is 11.1 Å². The van der Waals surface area contributed by atoms with Crippen LogP contribution in [0, 0.1) is 0 Å². The van der Waals surface area contributed by atoms with Gasteiger partial charge in [-0.1, -0.05) is 19.1 Å². The van der Waals surface area contributed by atoms with Crippen LogP contribution < -0.4 is 10.6 Å². The van der Waals surface area contributed by atoms with Crippen molar-refractivity contribution in [2.75, 3.05) is 0 Å². The van der Waals surface area contributed by atoms with E-state index < -0.39 is 0 Å². The van der Waals surface area contributed by atoms with Gasteiger partial charge in [0.25, 0.3) is 0 Å². The normalized spacial score (nSPS) is 13.9. The zero-order valence-electron chi connectivity index (χ0n) is 7.41. The fourth-order valence-corrected chi connectivity index (χ4v) is 1.30. The van der Waals surface area contributed by atoms with Crippen molar-refractivity contribution < 1.29 is 0 Å². The fourth-order valence-electron chi connectivity index (χ4n) is 1.11. The predicted octanol–water partition coefficient (Wildman–Crippen LogP) is 1.36. The Hall–Kier alpha value is -0.760. The minimum absolute atomic E-state index is 0.917. The molecular weight excluding hydrogens is 166 g/mol. The Bertz CT molecular complexity index is 368. The molecule has 0 aliphatic heterocycles. The SMILES string of the molecule is C/C=c1/ncc(S)c/c1=C/CC. The molecule has 1 rings (SSSR count). The van der Waals surface area contributed by atoms with Gasteiger partial charge >= 0.3 is 0 Å². The number of nitrogens with zero attached hydrogens (tertiary/aromatic N) is 1. The summed E-state index contributed by atoms with van der Waals surface area (Å²) in [7, 11) is 0. The van der Waals surface area contributed by atoms with Crippen molar-refractivity contribution in [3.63, 3.8) is 0 Å². The third kappa shape index (κ3) is 2.11. The van der Waals surface area contributed by atoms with E-state index in [0.29, 0.717) is 0 Å². The van der Waals surface area contributed by atoms with E-state index in [2.05, 4.69) is 30.6 Å². The summed E-state index contributed by atoms with van der Waals surface area (Å²) < 4.78 is 0. The number of hydrogen-bond acceptors (Lipinski definition) is 2. The summed E-state index contributed by atoms with van der Waals surface area (Å²) in [6.45, 7) is 4.11. The van der Waals surface area contributed by atoms with Crippen LogP contribution in [0.25, 0.3) is 12.2 Å². The zero-order chi connectivity index (χ0) is 8.97. The van der Waals surface area contributed by atoms with Crippen molar-refractivity contribution in [2.45, 2.75) is 25.2 Å². The molecule has 1 aromatic heterocycles. The molecule has 0 saturated heterocycles. The number of aromatic nitrogens is 1. The molecule has 0 amide bonds. The lowest BCUT2D eigenvalue weighted by Gasteiger charge is -1.91. The summed E-state index contributed by atoms with van der Waals surface area (Å²) in [5.74, 6) is 0. The highest BCUT2D eigenvalue weighted by atomic mass is 32.1. The summed E-state index contributed by atoms with van der Waals surface area (Å²) >= 11 is 4.24. The van der Waals surface area contributed by atoms with Crippen molar-refractivity contribution >= 4 is 24.8 Å². The van der Waals surface area contributed by atoms with Gasteiger partial charge in [-0.25, -0.2) is 0 Å². The number of rotatable bonds is 1. The van der Waals surface area contributed by atoms with Crippen molar-refractivity contribution in [2.24, 2.45) is 0 Å². The molecule has 0 saturated carbocycles. The average Bonchev–Trinajstić information content (AvgIpc) is 2.05. The Morgan fingerprint density at radius 1 is 1.58 bits per heavy atom. The zero-order valence-corrected chi connectivity index (χ0v) is 8.31. The third-order valence-corrected chi connectivity index (χ3v) is 1.88. The van der Waals surface area contributed by atoms with Gasteiger partial charge < -0.3 is 0 Å². The second-order valence-corrected chi connectivity index (χ2v) is 3.09. The highest BCUT2D eigenvalue weighted by Gasteiger charge is 1.86. The molecule has 1 heterocycles. The Kier molecular flexibility index (Phi) is 3.35. The molecule has 0 radical (unpaired) electrons. The molecule has 0 N–H and O–H groups in total. The van der Waals surface area contributed by atoms with Crippen LogP contribution in [0.15, 0.2) is 17.2 Å². The number of thiol groups is 1. The molecule has 0 unspecified atom stereocenters. The third-order valence-electron chi connectivity index (χ3n) is 1.63. The second-order valence-electron chi connectivity index (χ2n) is 2.57. The molecule has 1 nitrogen and oxygen atoms in total. The van der Waals surface area contributed by atoms with Crippen molar-refractivity contribution in [3.05, 3.63) is 22.8 Å². The van der Waals surface area contributed by atoms with Crippen LogP contribution in [0.5, 0.6) is 0 Å².